The largest absolute Gasteiger partial charge is 0.386 e. The highest BCUT2D eigenvalue weighted by molar-refractivity contribution is 6.05. The number of hydrogen-bond acceptors (Lipinski definition) is 3. The quantitative estimate of drug-likeness (QED) is 0.748. The maximum Gasteiger partial charge on any atom is 0.123 e. The van der Waals surface area contributed by atoms with Crippen molar-refractivity contribution in [2.24, 2.45) is 21.9 Å². The summed E-state index contributed by atoms with van der Waals surface area (Å²) in [5.74, 6) is 0.534. The van der Waals surface area contributed by atoms with E-state index in [9.17, 15) is 4.39 Å². The first kappa shape index (κ1) is 9.83. The molecule has 1 unspecified atom stereocenters. The van der Waals surface area contributed by atoms with Crippen LogP contribution < -0.4 is 5.73 Å². The molecule has 0 radical (unpaired) electrons. The fourth-order valence-corrected chi connectivity index (χ4v) is 1.63. The number of nitrogens with zero attached hydrogens (tertiary/aromatic N) is 2. The molecule has 4 heteroatoms. The van der Waals surface area contributed by atoms with Gasteiger partial charge in [-0.1, -0.05) is 19.1 Å². The Kier molecular flexibility index (Phi) is 2.49. The Labute approximate surface area is 87.5 Å². The zero-order valence-corrected chi connectivity index (χ0v) is 8.44. The van der Waals surface area contributed by atoms with E-state index in [0.717, 1.165) is 11.3 Å². The van der Waals surface area contributed by atoms with Gasteiger partial charge in [0, 0.05) is 12.3 Å². The van der Waals surface area contributed by atoms with Gasteiger partial charge >= 0.3 is 0 Å². The summed E-state index contributed by atoms with van der Waals surface area (Å²) in [7, 11) is 0. The molecule has 0 saturated carbocycles. The zero-order chi connectivity index (χ0) is 10.8. The van der Waals surface area contributed by atoms with E-state index in [1.165, 1.54) is 12.1 Å². The molecule has 2 N–H and O–H groups in total. The summed E-state index contributed by atoms with van der Waals surface area (Å²) in [4.78, 5) is 0. The van der Waals surface area contributed by atoms with Crippen molar-refractivity contribution in [2.75, 3.05) is 0 Å². The van der Waals surface area contributed by atoms with Crippen LogP contribution in [0.4, 0.5) is 4.39 Å². The number of benzene rings is 1. The van der Waals surface area contributed by atoms with Gasteiger partial charge in [0.15, 0.2) is 0 Å². The summed E-state index contributed by atoms with van der Waals surface area (Å²) in [6, 6.07) is 6.27. The summed E-state index contributed by atoms with van der Waals surface area (Å²) in [5.41, 5.74) is 7.34. The van der Waals surface area contributed by atoms with Crippen molar-refractivity contribution in [2.45, 2.75) is 13.3 Å². The minimum atomic E-state index is -0.245. The molecule has 78 valence electrons. The predicted octanol–water partition coefficient (Wildman–Crippen LogP) is 1.93. The maximum absolute atomic E-state index is 12.7. The number of halogens is 1. The molecule has 0 spiro atoms. The summed E-state index contributed by atoms with van der Waals surface area (Å²) in [5, 5.41) is 7.90. The lowest BCUT2D eigenvalue weighted by molar-refractivity contribution is 0.627. The molecule has 0 bridgehead atoms. The highest BCUT2D eigenvalue weighted by Gasteiger charge is 2.18. The molecule has 1 aromatic carbocycles. The smallest absolute Gasteiger partial charge is 0.123 e. The second-order valence-electron chi connectivity index (χ2n) is 3.69. The third kappa shape index (κ3) is 2.03. The third-order valence-electron chi connectivity index (χ3n) is 2.41. The average molecular weight is 205 g/mol. The van der Waals surface area contributed by atoms with Crippen LogP contribution in [0, 0.1) is 11.7 Å². The molecular formula is C11H12FN3. The second kappa shape index (κ2) is 3.81. The van der Waals surface area contributed by atoms with Gasteiger partial charge < -0.3 is 5.73 Å². The monoisotopic (exact) mass is 205 g/mol. The van der Waals surface area contributed by atoms with Gasteiger partial charge in [0.1, 0.15) is 11.7 Å². The van der Waals surface area contributed by atoms with Gasteiger partial charge in [-0.25, -0.2) is 4.39 Å². The highest BCUT2D eigenvalue weighted by atomic mass is 19.1. The van der Waals surface area contributed by atoms with Gasteiger partial charge in [-0.3, -0.25) is 0 Å². The van der Waals surface area contributed by atoms with E-state index in [0.29, 0.717) is 12.3 Å². The Morgan fingerprint density at radius 2 is 1.93 bits per heavy atom. The van der Waals surface area contributed by atoms with Gasteiger partial charge in [0.2, 0.25) is 0 Å². The first-order valence-electron chi connectivity index (χ1n) is 4.82. The van der Waals surface area contributed by atoms with Gasteiger partial charge in [0.25, 0.3) is 0 Å². The highest BCUT2D eigenvalue weighted by Crippen LogP contribution is 2.17. The van der Waals surface area contributed by atoms with Crippen molar-refractivity contribution in [3.8, 4) is 0 Å². The Morgan fingerprint density at radius 3 is 2.53 bits per heavy atom. The SMILES string of the molecule is CC1CC(N)=NN=C1c1ccc(F)cc1. The minimum Gasteiger partial charge on any atom is -0.386 e. The molecule has 2 rings (SSSR count). The normalized spacial score (nSPS) is 20.8. The van der Waals surface area contributed by atoms with E-state index in [1.807, 2.05) is 6.92 Å². The van der Waals surface area contributed by atoms with Crippen molar-refractivity contribution in [1.82, 2.24) is 0 Å². The number of hydrogen-bond donors (Lipinski definition) is 1. The maximum atomic E-state index is 12.7. The van der Waals surface area contributed by atoms with Gasteiger partial charge in [-0.15, -0.1) is 5.10 Å². The van der Waals surface area contributed by atoms with E-state index in [-0.39, 0.29) is 11.7 Å². The number of rotatable bonds is 1. The first-order valence-corrected chi connectivity index (χ1v) is 4.82. The molecule has 1 aliphatic rings. The van der Waals surface area contributed by atoms with Crippen LogP contribution in [-0.4, -0.2) is 11.5 Å². The molecule has 0 saturated heterocycles. The second-order valence-corrected chi connectivity index (χ2v) is 3.69. The van der Waals surface area contributed by atoms with E-state index in [2.05, 4.69) is 10.2 Å². The predicted molar refractivity (Wildman–Crippen MR) is 58.3 cm³/mol. The van der Waals surface area contributed by atoms with Crippen LogP contribution in [0.3, 0.4) is 0 Å². The molecule has 1 aromatic rings. The van der Waals surface area contributed by atoms with Crippen molar-refractivity contribution in [3.63, 3.8) is 0 Å². The lowest BCUT2D eigenvalue weighted by Crippen LogP contribution is -2.25. The molecule has 15 heavy (non-hydrogen) atoms. The molecule has 0 aromatic heterocycles. The van der Waals surface area contributed by atoms with E-state index in [4.69, 9.17) is 5.73 Å². The topological polar surface area (TPSA) is 50.7 Å². The average Bonchev–Trinajstić information content (AvgIpc) is 2.20. The molecule has 1 heterocycles. The van der Waals surface area contributed by atoms with Crippen LogP contribution in [0.5, 0.6) is 0 Å². The Balaban J connectivity index is 2.35. The number of nitrogens with two attached hydrogens (primary N) is 1. The third-order valence-corrected chi connectivity index (χ3v) is 2.41. The van der Waals surface area contributed by atoms with Crippen molar-refractivity contribution >= 4 is 11.5 Å². The van der Waals surface area contributed by atoms with Gasteiger partial charge in [0.05, 0.1) is 5.71 Å². The molecule has 3 nitrogen and oxygen atoms in total. The summed E-state index contributed by atoms with van der Waals surface area (Å²) < 4.78 is 12.7. The Bertz CT molecular complexity index is 420. The fourth-order valence-electron chi connectivity index (χ4n) is 1.63. The fraction of sp³-hybridized carbons (Fsp3) is 0.273. The van der Waals surface area contributed by atoms with Crippen LogP contribution in [0.1, 0.15) is 18.9 Å². The molecule has 0 aliphatic carbocycles. The van der Waals surface area contributed by atoms with Crippen LogP contribution in [-0.2, 0) is 0 Å². The first-order chi connectivity index (χ1) is 7.16. The Hall–Kier alpha value is -1.71. The lowest BCUT2D eigenvalue weighted by atomic mass is 9.94. The Morgan fingerprint density at radius 1 is 1.27 bits per heavy atom. The van der Waals surface area contributed by atoms with Crippen molar-refractivity contribution < 1.29 is 4.39 Å². The van der Waals surface area contributed by atoms with Crippen molar-refractivity contribution in [3.05, 3.63) is 35.6 Å². The van der Waals surface area contributed by atoms with Crippen LogP contribution in [0.2, 0.25) is 0 Å². The number of amidine groups is 1. The zero-order valence-electron chi connectivity index (χ0n) is 8.44. The van der Waals surface area contributed by atoms with E-state index in [1.54, 1.807) is 12.1 Å². The van der Waals surface area contributed by atoms with Crippen LogP contribution >= 0.6 is 0 Å². The van der Waals surface area contributed by atoms with Crippen LogP contribution in [0.15, 0.2) is 34.5 Å². The summed E-state index contributed by atoms with van der Waals surface area (Å²) >= 11 is 0. The lowest BCUT2D eigenvalue weighted by Gasteiger charge is -2.16. The molecule has 1 atom stereocenters. The minimum absolute atomic E-state index is 0.230. The standard InChI is InChI=1S/C11H12FN3/c1-7-6-10(13)14-15-11(7)8-2-4-9(12)5-3-8/h2-5,7H,6H2,1H3,(H2,13,14). The van der Waals surface area contributed by atoms with E-state index < -0.39 is 0 Å². The molecule has 0 amide bonds. The van der Waals surface area contributed by atoms with E-state index >= 15 is 0 Å². The van der Waals surface area contributed by atoms with Gasteiger partial charge in [-0.05, 0) is 17.7 Å². The van der Waals surface area contributed by atoms with Gasteiger partial charge in [-0.2, -0.15) is 5.10 Å². The molecular weight excluding hydrogens is 193 g/mol. The summed E-state index contributed by atoms with van der Waals surface area (Å²) in [6.45, 7) is 2.03. The van der Waals surface area contributed by atoms with Crippen LogP contribution in [0.25, 0.3) is 0 Å². The molecule has 0 fully saturated rings. The van der Waals surface area contributed by atoms with Crippen molar-refractivity contribution in [1.29, 1.82) is 0 Å². The molecule has 1 aliphatic heterocycles. The summed E-state index contributed by atoms with van der Waals surface area (Å²) in [6.07, 6.45) is 0.705.